The van der Waals surface area contributed by atoms with E-state index < -0.39 is 0 Å². The van der Waals surface area contributed by atoms with E-state index in [1.54, 1.807) is 0 Å². The van der Waals surface area contributed by atoms with Crippen LogP contribution in [0.1, 0.15) is 18.7 Å². The molecule has 5 heteroatoms. The predicted molar refractivity (Wildman–Crippen MR) is 76.0 cm³/mol. The van der Waals surface area contributed by atoms with E-state index in [1.807, 2.05) is 31.3 Å². The van der Waals surface area contributed by atoms with E-state index in [1.165, 1.54) is 0 Å². The number of nitrogens with one attached hydrogen (secondary N) is 3. The quantitative estimate of drug-likeness (QED) is 0.656. The number of carbonyl (C=O) groups is 1. The Morgan fingerprint density at radius 1 is 1.32 bits per heavy atom. The summed E-state index contributed by atoms with van der Waals surface area (Å²) in [4.78, 5) is 19.2. The highest BCUT2D eigenvalue weighted by Crippen LogP contribution is 2.10. The van der Waals surface area contributed by atoms with Crippen LogP contribution >= 0.6 is 0 Å². The molecule has 0 unspecified atom stereocenters. The van der Waals surface area contributed by atoms with Crippen LogP contribution in [0.3, 0.4) is 0 Å². The van der Waals surface area contributed by atoms with Crippen LogP contribution in [0.25, 0.3) is 11.0 Å². The standard InChI is InChI=1S/C14H20N4O/c1-15-9-4-7-14(19)16-10-8-13-17-11-5-2-3-6-12(11)18-13/h2-3,5-6,15H,4,7-10H2,1H3,(H,16,19)(H,17,18). The van der Waals surface area contributed by atoms with Crippen LogP contribution in [0.4, 0.5) is 0 Å². The van der Waals surface area contributed by atoms with E-state index in [0.29, 0.717) is 13.0 Å². The van der Waals surface area contributed by atoms with Crippen molar-refractivity contribution in [2.75, 3.05) is 20.1 Å². The van der Waals surface area contributed by atoms with Crippen molar-refractivity contribution in [1.29, 1.82) is 0 Å². The van der Waals surface area contributed by atoms with E-state index in [9.17, 15) is 4.79 Å². The summed E-state index contributed by atoms with van der Waals surface area (Å²) in [5, 5.41) is 5.93. The van der Waals surface area contributed by atoms with E-state index >= 15 is 0 Å². The average molecular weight is 260 g/mol. The number of nitrogens with zero attached hydrogens (tertiary/aromatic N) is 1. The summed E-state index contributed by atoms with van der Waals surface area (Å²) in [5.41, 5.74) is 2.01. The molecule has 0 bridgehead atoms. The predicted octanol–water partition coefficient (Wildman–Crippen LogP) is 1.22. The molecule has 102 valence electrons. The zero-order valence-corrected chi connectivity index (χ0v) is 11.2. The van der Waals surface area contributed by atoms with Crippen molar-refractivity contribution >= 4 is 16.9 Å². The molecule has 0 radical (unpaired) electrons. The highest BCUT2D eigenvalue weighted by Gasteiger charge is 2.03. The first kappa shape index (κ1) is 13.5. The molecular weight excluding hydrogens is 240 g/mol. The number of aromatic amines is 1. The van der Waals surface area contributed by atoms with Crippen molar-refractivity contribution < 1.29 is 4.79 Å². The number of para-hydroxylation sites is 2. The Hall–Kier alpha value is -1.88. The minimum absolute atomic E-state index is 0.103. The Kier molecular flexibility index (Phi) is 4.92. The van der Waals surface area contributed by atoms with Crippen molar-refractivity contribution in [2.45, 2.75) is 19.3 Å². The molecule has 3 N–H and O–H groups in total. The molecule has 2 rings (SSSR count). The molecule has 0 aliphatic carbocycles. The molecule has 1 amide bonds. The highest BCUT2D eigenvalue weighted by molar-refractivity contribution is 5.76. The molecule has 1 heterocycles. The molecule has 0 aliphatic heterocycles. The minimum atomic E-state index is 0.103. The minimum Gasteiger partial charge on any atom is -0.356 e. The topological polar surface area (TPSA) is 69.8 Å². The van der Waals surface area contributed by atoms with Gasteiger partial charge in [-0.2, -0.15) is 0 Å². The van der Waals surface area contributed by atoms with Gasteiger partial charge in [-0.25, -0.2) is 4.98 Å². The van der Waals surface area contributed by atoms with Crippen molar-refractivity contribution in [3.63, 3.8) is 0 Å². The third kappa shape index (κ3) is 4.06. The van der Waals surface area contributed by atoms with Gasteiger partial charge in [0, 0.05) is 19.4 Å². The first-order valence-corrected chi connectivity index (χ1v) is 6.64. The van der Waals surface area contributed by atoms with Gasteiger partial charge in [-0.05, 0) is 32.1 Å². The zero-order valence-electron chi connectivity index (χ0n) is 11.2. The second-order valence-electron chi connectivity index (χ2n) is 4.51. The summed E-state index contributed by atoms with van der Waals surface area (Å²) in [5.74, 6) is 1.02. The number of amides is 1. The SMILES string of the molecule is CNCCCC(=O)NCCc1nc2ccccc2[nH]1. The van der Waals surface area contributed by atoms with Crippen LogP contribution < -0.4 is 10.6 Å². The number of carbonyl (C=O) groups excluding carboxylic acids is 1. The van der Waals surface area contributed by atoms with Crippen molar-refractivity contribution in [2.24, 2.45) is 0 Å². The molecule has 19 heavy (non-hydrogen) atoms. The smallest absolute Gasteiger partial charge is 0.220 e. The summed E-state index contributed by atoms with van der Waals surface area (Å²) in [6.07, 6.45) is 2.17. The number of hydrogen-bond acceptors (Lipinski definition) is 3. The number of fused-ring (bicyclic) bond motifs is 1. The third-order valence-electron chi connectivity index (χ3n) is 2.95. The Morgan fingerprint density at radius 3 is 2.95 bits per heavy atom. The lowest BCUT2D eigenvalue weighted by molar-refractivity contribution is -0.121. The van der Waals surface area contributed by atoms with Crippen LogP contribution in [0, 0.1) is 0 Å². The number of imidazole rings is 1. The van der Waals surface area contributed by atoms with Crippen LogP contribution in [0.15, 0.2) is 24.3 Å². The molecule has 1 aromatic carbocycles. The Labute approximate surface area is 112 Å². The molecule has 2 aromatic rings. The van der Waals surface area contributed by atoms with Gasteiger partial charge in [-0.1, -0.05) is 12.1 Å². The van der Waals surface area contributed by atoms with E-state index in [-0.39, 0.29) is 5.91 Å². The molecule has 0 saturated heterocycles. The molecule has 0 aliphatic rings. The maximum atomic E-state index is 11.5. The van der Waals surface area contributed by atoms with E-state index in [4.69, 9.17) is 0 Å². The lowest BCUT2D eigenvalue weighted by Gasteiger charge is -2.03. The fourth-order valence-electron chi connectivity index (χ4n) is 1.96. The van der Waals surface area contributed by atoms with Gasteiger partial charge in [0.25, 0.3) is 0 Å². The fraction of sp³-hybridized carbons (Fsp3) is 0.429. The lowest BCUT2D eigenvalue weighted by atomic mass is 10.3. The molecule has 0 fully saturated rings. The normalized spacial score (nSPS) is 10.8. The van der Waals surface area contributed by atoms with Crippen LogP contribution in [-0.2, 0) is 11.2 Å². The Bertz CT molecular complexity index is 502. The maximum Gasteiger partial charge on any atom is 0.220 e. The Balaban J connectivity index is 1.74. The van der Waals surface area contributed by atoms with Gasteiger partial charge in [-0.3, -0.25) is 4.79 Å². The van der Waals surface area contributed by atoms with Crippen LogP contribution in [-0.4, -0.2) is 36.0 Å². The number of H-pyrrole nitrogens is 1. The van der Waals surface area contributed by atoms with Crippen molar-refractivity contribution in [1.82, 2.24) is 20.6 Å². The average Bonchev–Trinajstić information content (AvgIpc) is 2.81. The summed E-state index contributed by atoms with van der Waals surface area (Å²) >= 11 is 0. The molecule has 0 atom stereocenters. The first-order chi connectivity index (χ1) is 9.29. The summed E-state index contributed by atoms with van der Waals surface area (Å²) in [6, 6.07) is 7.93. The third-order valence-corrected chi connectivity index (χ3v) is 2.95. The molecule has 0 spiro atoms. The molecule has 5 nitrogen and oxygen atoms in total. The van der Waals surface area contributed by atoms with Crippen LogP contribution in [0.2, 0.25) is 0 Å². The molecular formula is C14H20N4O. The van der Waals surface area contributed by atoms with Gasteiger partial charge in [0.2, 0.25) is 5.91 Å². The largest absolute Gasteiger partial charge is 0.356 e. The first-order valence-electron chi connectivity index (χ1n) is 6.64. The zero-order chi connectivity index (χ0) is 13.5. The van der Waals surface area contributed by atoms with Gasteiger partial charge in [0.1, 0.15) is 5.82 Å². The van der Waals surface area contributed by atoms with Gasteiger partial charge in [0.15, 0.2) is 0 Å². The van der Waals surface area contributed by atoms with Crippen molar-refractivity contribution in [3.05, 3.63) is 30.1 Å². The molecule has 0 saturated carbocycles. The fourth-order valence-corrected chi connectivity index (χ4v) is 1.96. The maximum absolute atomic E-state index is 11.5. The van der Waals surface area contributed by atoms with Gasteiger partial charge >= 0.3 is 0 Å². The van der Waals surface area contributed by atoms with Crippen molar-refractivity contribution in [3.8, 4) is 0 Å². The number of benzene rings is 1. The second-order valence-corrected chi connectivity index (χ2v) is 4.51. The lowest BCUT2D eigenvalue weighted by Crippen LogP contribution is -2.26. The number of hydrogen-bond donors (Lipinski definition) is 3. The highest BCUT2D eigenvalue weighted by atomic mass is 16.1. The monoisotopic (exact) mass is 260 g/mol. The second kappa shape index (κ2) is 6.89. The van der Waals surface area contributed by atoms with Crippen LogP contribution in [0.5, 0.6) is 0 Å². The number of rotatable bonds is 7. The number of aromatic nitrogens is 2. The summed E-state index contributed by atoms with van der Waals surface area (Å²) in [7, 11) is 1.89. The summed E-state index contributed by atoms with van der Waals surface area (Å²) < 4.78 is 0. The summed E-state index contributed by atoms with van der Waals surface area (Å²) in [6.45, 7) is 1.50. The van der Waals surface area contributed by atoms with E-state index in [0.717, 1.165) is 36.2 Å². The molecule has 1 aromatic heterocycles. The van der Waals surface area contributed by atoms with Gasteiger partial charge in [0.05, 0.1) is 11.0 Å². The Morgan fingerprint density at radius 2 is 2.16 bits per heavy atom. The van der Waals surface area contributed by atoms with Gasteiger partial charge in [-0.15, -0.1) is 0 Å². The van der Waals surface area contributed by atoms with E-state index in [2.05, 4.69) is 20.6 Å². The van der Waals surface area contributed by atoms with Gasteiger partial charge < -0.3 is 15.6 Å².